The van der Waals surface area contributed by atoms with Gasteiger partial charge >= 0.3 is 0 Å². The summed E-state index contributed by atoms with van der Waals surface area (Å²) < 4.78 is 0. The molecule has 1 aliphatic heterocycles. The van der Waals surface area contributed by atoms with Gasteiger partial charge in [-0.05, 0) is 25.8 Å². The molecule has 33 heavy (non-hydrogen) atoms. The van der Waals surface area contributed by atoms with E-state index in [4.69, 9.17) is 16.7 Å². The molecule has 176 valence electrons. The second-order valence-corrected chi connectivity index (χ2v) is 9.58. The van der Waals surface area contributed by atoms with Crippen LogP contribution in [0.2, 0.25) is 0 Å². The molecular formula is C22H28ClN7O2S. The molecule has 1 fully saturated rings. The Morgan fingerprint density at radius 2 is 2.06 bits per heavy atom. The van der Waals surface area contributed by atoms with Gasteiger partial charge in [0.15, 0.2) is 5.13 Å². The number of carbonyl (C=O) groups is 1. The second-order valence-electron chi connectivity index (χ2n) is 8.02. The summed E-state index contributed by atoms with van der Waals surface area (Å²) >= 11 is 7.62. The number of thiazole rings is 1. The van der Waals surface area contributed by atoms with Crippen LogP contribution in [0.25, 0.3) is 0 Å². The van der Waals surface area contributed by atoms with Gasteiger partial charge in [0, 0.05) is 44.5 Å². The van der Waals surface area contributed by atoms with Crippen molar-refractivity contribution in [3.05, 3.63) is 46.4 Å². The molecule has 2 aromatic heterocycles. The Morgan fingerprint density at radius 3 is 2.79 bits per heavy atom. The molecule has 1 amide bonds. The van der Waals surface area contributed by atoms with Crippen LogP contribution >= 0.6 is 22.9 Å². The van der Waals surface area contributed by atoms with Crippen molar-refractivity contribution in [3.63, 3.8) is 0 Å². The van der Waals surface area contributed by atoms with E-state index in [2.05, 4.69) is 35.4 Å². The summed E-state index contributed by atoms with van der Waals surface area (Å²) in [5.74, 6) is 1.91. The van der Waals surface area contributed by atoms with Gasteiger partial charge in [-0.15, -0.1) is 11.6 Å². The molecule has 0 aromatic carbocycles. The first-order valence-corrected chi connectivity index (χ1v) is 12.2. The summed E-state index contributed by atoms with van der Waals surface area (Å²) in [4.78, 5) is 31.1. The average Bonchev–Trinajstić information content (AvgIpc) is 3.25. The number of halogens is 1. The lowest BCUT2D eigenvalue weighted by atomic mass is 10.0. The largest absolute Gasteiger partial charge is 0.395 e. The first kappa shape index (κ1) is 23.6. The smallest absolute Gasteiger partial charge is 0.267 e. The van der Waals surface area contributed by atoms with Gasteiger partial charge in [-0.1, -0.05) is 23.5 Å². The summed E-state index contributed by atoms with van der Waals surface area (Å²) in [6.07, 6.45) is 6.21. The highest BCUT2D eigenvalue weighted by Crippen LogP contribution is 2.26. The number of aromatic nitrogens is 3. The van der Waals surface area contributed by atoms with Crippen molar-refractivity contribution in [2.45, 2.75) is 25.6 Å². The number of hydrogen-bond acceptors (Lipinski definition) is 9. The maximum atomic E-state index is 12.7. The van der Waals surface area contributed by atoms with E-state index in [1.165, 1.54) is 11.3 Å². The molecule has 4 rings (SSSR count). The normalized spacial score (nSPS) is 19.2. The molecule has 0 radical (unpaired) electrons. The highest BCUT2D eigenvalue weighted by molar-refractivity contribution is 7.17. The molecule has 3 N–H and O–H groups in total. The van der Waals surface area contributed by atoms with Crippen LogP contribution in [0.5, 0.6) is 0 Å². The van der Waals surface area contributed by atoms with Crippen LogP contribution in [-0.2, 0) is 0 Å². The van der Waals surface area contributed by atoms with Gasteiger partial charge in [-0.25, -0.2) is 15.0 Å². The number of aliphatic hydroxyl groups excluding tert-OH is 1. The molecule has 2 aliphatic rings. The maximum absolute atomic E-state index is 12.7. The van der Waals surface area contributed by atoms with Crippen LogP contribution in [0.1, 0.15) is 28.8 Å². The van der Waals surface area contributed by atoms with Crippen molar-refractivity contribution in [1.82, 2.24) is 25.2 Å². The molecule has 0 bridgehead atoms. The number of aliphatic hydroxyl groups is 1. The highest BCUT2D eigenvalue weighted by Gasteiger charge is 2.21. The highest BCUT2D eigenvalue weighted by atomic mass is 35.5. The van der Waals surface area contributed by atoms with Gasteiger partial charge in [0.05, 0.1) is 18.2 Å². The molecule has 1 aliphatic carbocycles. The number of allylic oxidation sites excluding steroid dienone is 4. The third kappa shape index (κ3) is 5.89. The molecular weight excluding hydrogens is 462 g/mol. The number of alkyl halides is 1. The van der Waals surface area contributed by atoms with Crippen LogP contribution in [0.15, 0.2) is 35.7 Å². The predicted octanol–water partition coefficient (Wildman–Crippen LogP) is 2.67. The van der Waals surface area contributed by atoms with Crippen LogP contribution < -0.4 is 15.5 Å². The van der Waals surface area contributed by atoms with E-state index in [0.717, 1.165) is 43.3 Å². The second kappa shape index (κ2) is 10.6. The Labute approximate surface area is 202 Å². The molecule has 9 nitrogen and oxygen atoms in total. The summed E-state index contributed by atoms with van der Waals surface area (Å²) in [5.41, 5.74) is 1.70. The lowest BCUT2D eigenvalue weighted by molar-refractivity contribution is 0.0968. The van der Waals surface area contributed by atoms with Crippen molar-refractivity contribution in [1.29, 1.82) is 0 Å². The maximum Gasteiger partial charge on any atom is 0.267 e. The number of nitrogens with zero attached hydrogens (tertiary/aromatic N) is 5. The minimum absolute atomic E-state index is 0.176. The number of piperazine rings is 1. The SMILES string of the molecule is CC1=C(NC(=O)c2cnc(Nc3cc(N4CCN(CCO)CC4)nc(C)n3)s2)C(Cl)CC=C1. The first-order valence-electron chi connectivity index (χ1n) is 10.9. The predicted molar refractivity (Wildman–Crippen MR) is 131 cm³/mol. The molecule has 1 atom stereocenters. The number of β-amino-alcohol motifs (C(OH)–C–C–N with tert-alkyl or cyclic N) is 1. The quantitative estimate of drug-likeness (QED) is 0.510. The Balaban J connectivity index is 1.42. The molecule has 0 saturated carbocycles. The van der Waals surface area contributed by atoms with Crippen LogP contribution in [0.3, 0.4) is 0 Å². The van der Waals surface area contributed by atoms with Crippen LogP contribution in [-0.4, -0.2) is 75.6 Å². The van der Waals surface area contributed by atoms with E-state index in [9.17, 15) is 4.79 Å². The molecule has 11 heteroatoms. The van der Waals surface area contributed by atoms with Gasteiger partial charge in [0.25, 0.3) is 5.91 Å². The minimum Gasteiger partial charge on any atom is -0.395 e. The first-order chi connectivity index (χ1) is 15.9. The van der Waals surface area contributed by atoms with Gasteiger partial charge in [0.2, 0.25) is 0 Å². The summed E-state index contributed by atoms with van der Waals surface area (Å²) in [7, 11) is 0. The third-order valence-corrected chi connectivity index (χ3v) is 6.91. The number of carbonyl (C=O) groups excluding carboxylic acids is 1. The number of anilines is 3. The van der Waals surface area contributed by atoms with Crippen molar-refractivity contribution in [3.8, 4) is 0 Å². The third-order valence-electron chi connectivity index (χ3n) is 5.60. The van der Waals surface area contributed by atoms with Crippen molar-refractivity contribution < 1.29 is 9.90 Å². The topological polar surface area (TPSA) is 107 Å². The number of rotatable bonds is 7. The fraction of sp³-hybridized carbons (Fsp3) is 0.455. The number of amides is 1. The molecule has 0 spiro atoms. The van der Waals surface area contributed by atoms with E-state index < -0.39 is 0 Å². The van der Waals surface area contributed by atoms with E-state index >= 15 is 0 Å². The van der Waals surface area contributed by atoms with Crippen molar-refractivity contribution in [2.75, 3.05) is 49.5 Å². The Morgan fingerprint density at radius 1 is 1.27 bits per heavy atom. The number of hydrogen-bond donors (Lipinski definition) is 3. The van der Waals surface area contributed by atoms with E-state index in [1.54, 1.807) is 6.20 Å². The monoisotopic (exact) mass is 489 g/mol. The number of nitrogens with one attached hydrogen (secondary N) is 2. The lowest BCUT2D eigenvalue weighted by Gasteiger charge is -2.35. The zero-order valence-electron chi connectivity index (χ0n) is 18.7. The summed E-state index contributed by atoms with van der Waals surface area (Å²) in [5, 5.41) is 15.6. The summed E-state index contributed by atoms with van der Waals surface area (Å²) in [6.45, 7) is 8.10. The van der Waals surface area contributed by atoms with Gasteiger partial charge < -0.3 is 20.6 Å². The van der Waals surface area contributed by atoms with Gasteiger partial charge in [0.1, 0.15) is 22.3 Å². The van der Waals surface area contributed by atoms with E-state index in [1.807, 2.05) is 32.1 Å². The zero-order valence-corrected chi connectivity index (χ0v) is 20.3. The van der Waals surface area contributed by atoms with Crippen molar-refractivity contribution in [2.24, 2.45) is 0 Å². The van der Waals surface area contributed by atoms with Crippen molar-refractivity contribution >= 4 is 45.6 Å². The van der Waals surface area contributed by atoms with Crippen LogP contribution in [0, 0.1) is 6.92 Å². The lowest BCUT2D eigenvalue weighted by Crippen LogP contribution is -2.47. The standard InChI is InChI=1S/C22H28ClN7O2S/c1-14-4-3-5-16(23)20(14)28-21(32)17-13-24-22(33-17)27-18-12-19(26-15(2)25-18)30-8-6-29(7-9-30)10-11-31/h3-4,12-13,16,31H,5-11H2,1-2H3,(H,28,32)(H,24,25,26,27). The van der Waals surface area contributed by atoms with E-state index in [0.29, 0.717) is 34.6 Å². The molecule has 2 aromatic rings. The average molecular weight is 490 g/mol. The Kier molecular flexibility index (Phi) is 7.59. The minimum atomic E-state index is -0.239. The fourth-order valence-corrected chi connectivity index (χ4v) is 4.89. The Bertz CT molecular complexity index is 1060. The molecule has 1 saturated heterocycles. The number of aryl methyl sites for hydroxylation is 1. The van der Waals surface area contributed by atoms with Gasteiger partial charge in [-0.2, -0.15) is 0 Å². The van der Waals surface area contributed by atoms with Crippen LogP contribution in [0.4, 0.5) is 16.8 Å². The van der Waals surface area contributed by atoms with E-state index in [-0.39, 0.29) is 17.9 Å². The fourth-order valence-electron chi connectivity index (χ4n) is 3.85. The summed E-state index contributed by atoms with van der Waals surface area (Å²) in [6, 6.07) is 1.90. The Hall–Kier alpha value is -2.53. The zero-order chi connectivity index (χ0) is 23.4. The van der Waals surface area contributed by atoms with Gasteiger partial charge in [-0.3, -0.25) is 9.69 Å². The molecule has 3 heterocycles. The molecule has 1 unspecified atom stereocenters.